The van der Waals surface area contributed by atoms with E-state index in [2.05, 4.69) is 10.3 Å². The molecule has 0 aliphatic carbocycles. The molecule has 3 nitrogen and oxygen atoms in total. The molecule has 2 aromatic rings. The first-order chi connectivity index (χ1) is 8.65. The highest BCUT2D eigenvalue weighted by Gasteiger charge is 2.05. The zero-order valence-electron chi connectivity index (χ0n) is 9.94. The predicted molar refractivity (Wildman–Crippen MR) is 74.3 cm³/mol. The Morgan fingerprint density at radius 1 is 1.39 bits per heavy atom. The summed E-state index contributed by atoms with van der Waals surface area (Å²) in [5.74, 6) is -0.0834. The van der Waals surface area contributed by atoms with E-state index in [0.29, 0.717) is 17.1 Å². The fraction of sp³-hybridized carbons (Fsp3) is 0.231. The van der Waals surface area contributed by atoms with Gasteiger partial charge in [-0.15, -0.1) is 11.3 Å². The topological polar surface area (TPSA) is 42.0 Å². The van der Waals surface area contributed by atoms with Crippen LogP contribution in [0.25, 0.3) is 0 Å². The molecule has 0 aliphatic rings. The molecule has 0 unspecified atom stereocenters. The van der Waals surface area contributed by atoms with Crippen LogP contribution in [-0.2, 0) is 6.42 Å². The Morgan fingerprint density at radius 3 is 2.72 bits per heavy atom. The van der Waals surface area contributed by atoms with E-state index < -0.39 is 0 Å². The van der Waals surface area contributed by atoms with Crippen molar-refractivity contribution in [2.45, 2.75) is 13.3 Å². The van der Waals surface area contributed by atoms with E-state index in [0.717, 1.165) is 17.1 Å². The van der Waals surface area contributed by atoms with Crippen molar-refractivity contribution in [3.8, 4) is 0 Å². The van der Waals surface area contributed by atoms with Gasteiger partial charge in [-0.25, -0.2) is 4.98 Å². The summed E-state index contributed by atoms with van der Waals surface area (Å²) >= 11 is 7.38. The zero-order chi connectivity index (χ0) is 13.0. The number of aryl methyl sites for hydroxylation is 1. The molecule has 5 heteroatoms. The van der Waals surface area contributed by atoms with Crippen LogP contribution in [0.4, 0.5) is 0 Å². The molecule has 1 aromatic carbocycles. The van der Waals surface area contributed by atoms with E-state index in [9.17, 15) is 4.79 Å². The SMILES string of the molecule is Cc1csc(CCNC(=O)c2ccc(Cl)cc2)n1. The summed E-state index contributed by atoms with van der Waals surface area (Å²) < 4.78 is 0. The third kappa shape index (κ3) is 3.55. The van der Waals surface area contributed by atoms with Crippen LogP contribution in [0.15, 0.2) is 29.6 Å². The largest absolute Gasteiger partial charge is 0.352 e. The third-order valence-corrected chi connectivity index (χ3v) is 3.68. The van der Waals surface area contributed by atoms with Crippen LogP contribution in [0, 0.1) is 6.92 Å². The Kier molecular flexibility index (Phi) is 4.33. The predicted octanol–water partition coefficient (Wildman–Crippen LogP) is 3.08. The van der Waals surface area contributed by atoms with Gasteiger partial charge in [0.1, 0.15) is 0 Å². The molecule has 0 bridgehead atoms. The number of nitrogens with zero attached hydrogens (tertiary/aromatic N) is 1. The fourth-order valence-corrected chi connectivity index (χ4v) is 2.41. The monoisotopic (exact) mass is 280 g/mol. The van der Waals surface area contributed by atoms with Crippen molar-refractivity contribution in [1.82, 2.24) is 10.3 Å². The van der Waals surface area contributed by atoms with Gasteiger partial charge in [-0.3, -0.25) is 4.79 Å². The molecule has 0 spiro atoms. The van der Waals surface area contributed by atoms with Crippen molar-refractivity contribution in [2.24, 2.45) is 0 Å². The molecule has 0 atom stereocenters. The van der Waals surface area contributed by atoms with Gasteiger partial charge in [0.15, 0.2) is 0 Å². The van der Waals surface area contributed by atoms with Crippen LogP contribution in [0.3, 0.4) is 0 Å². The van der Waals surface area contributed by atoms with Crippen LogP contribution < -0.4 is 5.32 Å². The number of nitrogens with one attached hydrogen (secondary N) is 1. The molecule has 1 N–H and O–H groups in total. The minimum absolute atomic E-state index is 0.0834. The summed E-state index contributed by atoms with van der Waals surface area (Å²) in [6, 6.07) is 6.84. The van der Waals surface area contributed by atoms with Crippen molar-refractivity contribution >= 4 is 28.8 Å². The molecule has 0 saturated carbocycles. The number of aromatic nitrogens is 1. The second-order valence-corrected chi connectivity index (χ2v) is 5.27. The van der Waals surface area contributed by atoms with E-state index in [4.69, 9.17) is 11.6 Å². The van der Waals surface area contributed by atoms with E-state index in [1.165, 1.54) is 0 Å². The Morgan fingerprint density at radius 2 is 2.11 bits per heavy atom. The molecule has 0 radical (unpaired) electrons. The summed E-state index contributed by atoms with van der Waals surface area (Å²) in [5, 5.41) is 6.55. The van der Waals surface area contributed by atoms with Gasteiger partial charge in [0.25, 0.3) is 5.91 Å². The van der Waals surface area contributed by atoms with Crippen molar-refractivity contribution < 1.29 is 4.79 Å². The molecule has 1 heterocycles. The number of hydrogen-bond donors (Lipinski definition) is 1. The highest BCUT2D eigenvalue weighted by Crippen LogP contribution is 2.10. The number of amides is 1. The molecule has 2 rings (SSSR count). The quantitative estimate of drug-likeness (QED) is 0.935. The summed E-state index contributed by atoms with van der Waals surface area (Å²) in [4.78, 5) is 16.1. The van der Waals surface area contributed by atoms with Crippen molar-refractivity contribution in [1.29, 1.82) is 0 Å². The zero-order valence-corrected chi connectivity index (χ0v) is 11.5. The van der Waals surface area contributed by atoms with Gasteiger partial charge in [-0.2, -0.15) is 0 Å². The second kappa shape index (κ2) is 5.98. The third-order valence-electron chi connectivity index (χ3n) is 2.40. The molecular weight excluding hydrogens is 268 g/mol. The van der Waals surface area contributed by atoms with Crippen molar-refractivity contribution in [3.05, 3.63) is 50.9 Å². The molecule has 0 aliphatic heterocycles. The summed E-state index contributed by atoms with van der Waals surface area (Å²) in [7, 11) is 0. The molecular formula is C13H13ClN2OS. The van der Waals surface area contributed by atoms with E-state index >= 15 is 0 Å². The van der Waals surface area contributed by atoms with Crippen LogP contribution in [0.5, 0.6) is 0 Å². The molecule has 18 heavy (non-hydrogen) atoms. The average Bonchev–Trinajstić information content (AvgIpc) is 2.76. The van der Waals surface area contributed by atoms with Crippen molar-refractivity contribution in [3.63, 3.8) is 0 Å². The number of carbonyl (C=O) groups excluding carboxylic acids is 1. The lowest BCUT2D eigenvalue weighted by Gasteiger charge is -2.03. The maximum absolute atomic E-state index is 11.8. The molecule has 0 fully saturated rings. The Balaban J connectivity index is 1.83. The van der Waals surface area contributed by atoms with Gasteiger partial charge in [-0.1, -0.05) is 11.6 Å². The lowest BCUT2D eigenvalue weighted by Crippen LogP contribution is -2.25. The van der Waals surface area contributed by atoms with E-state index in [1.807, 2.05) is 12.3 Å². The van der Waals surface area contributed by atoms with Gasteiger partial charge in [0.05, 0.1) is 5.01 Å². The number of rotatable bonds is 4. The first-order valence-electron chi connectivity index (χ1n) is 5.60. The number of thiazole rings is 1. The minimum Gasteiger partial charge on any atom is -0.352 e. The molecule has 1 amide bonds. The lowest BCUT2D eigenvalue weighted by molar-refractivity contribution is 0.0954. The van der Waals surface area contributed by atoms with Crippen LogP contribution in [0.1, 0.15) is 21.1 Å². The second-order valence-electron chi connectivity index (χ2n) is 3.90. The normalized spacial score (nSPS) is 10.3. The van der Waals surface area contributed by atoms with Gasteiger partial charge in [0.2, 0.25) is 0 Å². The summed E-state index contributed by atoms with van der Waals surface area (Å²) in [5.41, 5.74) is 1.65. The number of carbonyl (C=O) groups is 1. The first-order valence-corrected chi connectivity index (χ1v) is 6.85. The molecule has 1 aromatic heterocycles. The number of halogens is 1. The van der Waals surface area contributed by atoms with Gasteiger partial charge in [0, 0.05) is 34.6 Å². The first kappa shape index (κ1) is 13.1. The van der Waals surface area contributed by atoms with Crippen LogP contribution in [0.2, 0.25) is 5.02 Å². The molecule has 94 valence electrons. The molecule has 0 saturated heterocycles. The standard InChI is InChI=1S/C13H13ClN2OS/c1-9-8-18-12(16-9)6-7-15-13(17)10-2-4-11(14)5-3-10/h2-5,8H,6-7H2,1H3,(H,15,17). The average molecular weight is 281 g/mol. The summed E-state index contributed by atoms with van der Waals surface area (Å²) in [6.07, 6.45) is 0.762. The van der Waals surface area contributed by atoms with E-state index in [-0.39, 0.29) is 5.91 Å². The lowest BCUT2D eigenvalue weighted by atomic mass is 10.2. The number of hydrogen-bond acceptors (Lipinski definition) is 3. The maximum atomic E-state index is 11.8. The Labute approximate surface area is 115 Å². The van der Waals surface area contributed by atoms with Gasteiger partial charge >= 0.3 is 0 Å². The highest BCUT2D eigenvalue weighted by molar-refractivity contribution is 7.09. The van der Waals surface area contributed by atoms with Crippen molar-refractivity contribution in [2.75, 3.05) is 6.54 Å². The highest BCUT2D eigenvalue weighted by atomic mass is 35.5. The van der Waals surface area contributed by atoms with Crippen LogP contribution in [-0.4, -0.2) is 17.4 Å². The number of benzene rings is 1. The van der Waals surface area contributed by atoms with Gasteiger partial charge < -0.3 is 5.32 Å². The fourth-order valence-electron chi connectivity index (χ4n) is 1.50. The van der Waals surface area contributed by atoms with E-state index in [1.54, 1.807) is 35.6 Å². The Bertz CT molecular complexity index is 536. The minimum atomic E-state index is -0.0834. The Hall–Kier alpha value is -1.39. The van der Waals surface area contributed by atoms with Crippen LogP contribution >= 0.6 is 22.9 Å². The smallest absolute Gasteiger partial charge is 0.251 e. The summed E-state index contributed by atoms with van der Waals surface area (Å²) in [6.45, 7) is 2.56. The maximum Gasteiger partial charge on any atom is 0.251 e. The van der Waals surface area contributed by atoms with Gasteiger partial charge in [-0.05, 0) is 31.2 Å².